The first-order valence-electron chi connectivity index (χ1n) is 9.87. The Morgan fingerprint density at radius 3 is 2.55 bits per heavy atom. The Balaban J connectivity index is 1.60. The molecular weight excluding hydrogens is 440 g/mol. The minimum absolute atomic E-state index is 0.00251. The molecule has 2 heterocycles. The largest absolute Gasteiger partial charge is 0.497 e. The van der Waals surface area contributed by atoms with Crippen LogP contribution in [0.15, 0.2) is 40.6 Å². The van der Waals surface area contributed by atoms with Crippen LogP contribution in [0.4, 0.5) is 0 Å². The number of sulfonamides is 1. The zero-order valence-electron chi connectivity index (χ0n) is 17.7. The molecule has 1 aromatic carbocycles. The molecule has 0 bridgehead atoms. The molecule has 2 aromatic rings. The first kappa shape index (κ1) is 23.2. The highest BCUT2D eigenvalue weighted by Gasteiger charge is 2.31. The zero-order chi connectivity index (χ0) is 22.6. The number of thiophene rings is 1. The van der Waals surface area contributed by atoms with E-state index in [0.29, 0.717) is 18.8 Å². The fraction of sp³-hybridized carbons (Fsp3) is 0.429. The Morgan fingerprint density at radius 1 is 1.19 bits per heavy atom. The summed E-state index contributed by atoms with van der Waals surface area (Å²) < 4.78 is 38.0. The number of nitrogens with zero attached hydrogens (tertiary/aromatic N) is 1. The molecule has 10 heteroatoms. The summed E-state index contributed by atoms with van der Waals surface area (Å²) in [6.45, 7) is 4.04. The summed E-state index contributed by atoms with van der Waals surface area (Å²) in [5.41, 5.74) is 1.11. The number of carbonyl (C=O) groups excluding carboxylic acids is 2. The molecule has 0 unspecified atom stereocenters. The average Bonchev–Trinajstić information content (AvgIpc) is 3.23. The number of ether oxygens (including phenoxy) is 2. The first-order chi connectivity index (χ1) is 14.7. The van der Waals surface area contributed by atoms with Crippen LogP contribution in [0.5, 0.6) is 5.75 Å². The number of esters is 1. The van der Waals surface area contributed by atoms with E-state index in [9.17, 15) is 18.0 Å². The third kappa shape index (κ3) is 5.63. The van der Waals surface area contributed by atoms with E-state index in [-0.39, 0.29) is 16.7 Å². The lowest BCUT2D eigenvalue weighted by atomic mass is 10.1. The van der Waals surface area contributed by atoms with Crippen LogP contribution < -0.4 is 9.46 Å². The van der Waals surface area contributed by atoms with E-state index in [2.05, 4.69) is 4.72 Å². The van der Waals surface area contributed by atoms with Gasteiger partial charge in [-0.3, -0.25) is 9.59 Å². The van der Waals surface area contributed by atoms with E-state index < -0.39 is 28.6 Å². The Bertz CT molecular complexity index is 1030. The Labute approximate surface area is 186 Å². The Hall–Kier alpha value is -2.43. The van der Waals surface area contributed by atoms with Crippen LogP contribution in [0.1, 0.15) is 24.3 Å². The molecule has 1 aliphatic heterocycles. The lowest BCUT2D eigenvalue weighted by Crippen LogP contribution is -2.46. The standard InChI is InChI=1S/C21H26N2O6S2/c1-14(2)20(22-31(26,27)17-6-4-16(28-3)5-7-17)21(25)29-13-19(24)23-10-8-18-15(12-23)9-11-30-18/h4-7,9,11,14,20,22H,8,10,12-13H2,1-3H3/t20-/m0/s1. The lowest BCUT2D eigenvalue weighted by molar-refractivity contribution is -0.154. The van der Waals surface area contributed by atoms with Gasteiger partial charge < -0.3 is 14.4 Å². The van der Waals surface area contributed by atoms with E-state index in [1.807, 2.05) is 11.4 Å². The number of amides is 1. The van der Waals surface area contributed by atoms with Gasteiger partial charge in [0.05, 0.1) is 12.0 Å². The van der Waals surface area contributed by atoms with E-state index >= 15 is 0 Å². The first-order valence-corrected chi connectivity index (χ1v) is 12.2. The summed E-state index contributed by atoms with van der Waals surface area (Å²) in [6.07, 6.45) is 0.781. The normalized spacial score (nSPS) is 14.8. The van der Waals surface area contributed by atoms with Crippen LogP contribution in [0.2, 0.25) is 0 Å². The molecule has 0 radical (unpaired) electrons. The van der Waals surface area contributed by atoms with Crippen molar-refractivity contribution in [2.24, 2.45) is 5.92 Å². The molecule has 168 valence electrons. The smallest absolute Gasteiger partial charge is 0.324 e. The second-order valence-electron chi connectivity index (χ2n) is 7.56. The predicted octanol–water partition coefficient (Wildman–Crippen LogP) is 2.19. The maximum absolute atomic E-state index is 12.7. The van der Waals surface area contributed by atoms with Gasteiger partial charge in [-0.05, 0) is 53.6 Å². The number of methoxy groups -OCH3 is 1. The van der Waals surface area contributed by atoms with Gasteiger partial charge in [-0.25, -0.2) is 8.42 Å². The number of rotatable bonds is 8. The summed E-state index contributed by atoms with van der Waals surface area (Å²) >= 11 is 1.67. The molecule has 0 spiro atoms. The minimum atomic E-state index is -3.96. The van der Waals surface area contributed by atoms with Crippen molar-refractivity contribution in [2.75, 3.05) is 20.3 Å². The molecule has 1 amide bonds. The second-order valence-corrected chi connectivity index (χ2v) is 10.3. The maximum Gasteiger partial charge on any atom is 0.324 e. The van der Waals surface area contributed by atoms with Crippen molar-refractivity contribution < 1.29 is 27.5 Å². The second kappa shape index (κ2) is 9.80. The van der Waals surface area contributed by atoms with Crippen molar-refractivity contribution in [2.45, 2.75) is 37.8 Å². The third-order valence-electron chi connectivity index (χ3n) is 5.07. The summed E-state index contributed by atoms with van der Waals surface area (Å²) in [6, 6.07) is 6.70. The number of hydrogen-bond acceptors (Lipinski definition) is 7. The number of benzene rings is 1. The molecule has 0 aliphatic carbocycles. The third-order valence-corrected chi connectivity index (χ3v) is 7.55. The molecule has 8 nitrogen and oxygen atoms in total. The molecule has 0 saturated heterocycles. The number of fused-ring (bicyclic) bond motifs is 1. The summed E-state index contributed by atoms with van der Waals surface area (Å²) in [5.74, 6) is -0.942. The highest BCUT2D eigenvalue weighted by atomic mass is 32.2. The molecule has 1 N–H and O–H groups in total. The van der Waals surface area contributed by atoms with E-state index in [0.717, 1.165) is 12.0 Å². The Kier molecular flexibility index (Phi) is 7.34. The highest BCUT2D eigenvalue weighted by Crippen LogP contribution is 2.24. The van der Waals surface area contributed by atoms with Crippen molar-refractivity contribution in [1.82, 2.24) is 9.62 Å². The van der Waals surface area contributed by atoms with Crippen molar-refractivity contribution in [1.29, 1.82) is 0 Å². The van der Waals surface area contributed by atoms with Crippen molar-refractivity contribution >= 4 is 33.2 Å². The van der Waals surface area contributed by atoms with Gasteiger partial charge >= 0.3 is 5.97 Å². The molecular formula is C21H26N2O6S2. The van der Waals surface area contributed by atoms with Gasteiger partial charge in [0.2, 0.25) is 10.0 Å². The van der Waals surface area contributed by atoms with Crippen molar-refractivity contribution in [3.63, 3.8) is 0 Å². The molecule has 31 heavy (non-hydrogen) atoms. The lowest BCUT2D eigenvalue weighted by Gasteiger charge is -2.27. The molecule has 3 rings (SSSR count). The topological polar surface area (TPSA) is 102 Å². The number of hydrogen-bond donors (Lipinski definition) is 1. The van der Waals surface area contributed by atoms with Gasteiger partial charge in [-0.15, -0.1) is 11.3 Å². The van der Waals surface area contributed by atoms with Gasteiger partial charge in [-0.1, -0.05) is 13.8 Å². The average molecular weight is 467 g/mol. The number of carbonyl (C=O) groups is 2. The molecule has 1 aliphatic rings. The van der Waals surface area contributed by atoms with Crippen molar-refractivity contribution in [3.8, 4) is 5.75 Å². The molecule has 1 atom stereocenters. The summed E-state index contributed by atoms with van der Waals surface area (Å²) in [4.78, 5) is 28.0. The van der Waals surface area contributed by atoms with Gasteiger partial charge in [0, 0.05) is 18.0 Å². The van der Waals surface area contributed by atoms with Crippen LogP contribution >= 0.6 is 11.3 Å². The highest BCUT2D eigenvalue weighted by molar-refractivity contribution is 7.89. The SMILES string of the molecule is COc1ccc(S(=O)(=O)N[C@H](C(=O)OCC(=O)N2CCc3sccc3C2)C(C)C)cc1. The minimum Gasteiger partial charge on any atom is -0.497 e. The van der Waals surface area contributed by atoms with E-state index in [1.165, 1.54) is 36.3 Å². The van der Waals surface area contributed by atoms with Crippen LogP contribution in [-0.4, -0.2) is 51.5 Å². The summed E-state index contributed by atoms with van der Waals surface area (Å²) in [7, 11) is -2.48. The van der Waals surface area contributed by atoms with Crippen LogP contribution in [0, 0.1) is 5.92 Å². The van der Waals surface area contributed by atoms with Gasteiger partial charge in [0.25, 0.3) is 5.91 Å². The number of nitrogens with one attached hydrogen (secondary N) is 1. The Morgan fingerprint density at radius 2 is 1.90 bits per heavy atom. The molecule has 0 fully saturated rings. The van der Waals surface area contributed by atoms with Gasteiger partial charge in [-0.2, -0.15) is 4.72 Å². The molecule has 1 aromatic heterocycles. The monoisotopic (exact) mass is 466 g/mol. The van der Waals surface area contributed by atoms with E-state index in [1.54, 1.807) is 30.1 Å². The quantitative estimate of drug-likeness (QED) is 0.599. The fourth-order valence-electron chi connectivity index (χ4n) is 3.22. The van der Waals surface area contributed by atoms with E-state index in [4.69, 9.17) is 9.47 Å². The van der Waals surface area contributed by atoms with Crippen LogP contribution in [0.3, 0.4) is 0 Å². The van der Waals surface area contributed by atoms with Gasteiger partial charge in [0.1, 0.15) is 11.8 Å². The molecule has 0 saturated carbocycles. The zero-order valence-corrected chi connectivity index (χ0v) is 19.3. The van der Waals surface area contributed by atoms with Crippen LogP contribution in [-0.2, 0) is 37.3 Å². The van der Waals surface area contributed by atoms with Crippen molar-refractivity contribution in [3.05, 3.63) is 46.2 Å². The maximum atomic E-state index is 12.7. The van der Waals surface area contributed by atoms with Crippen LogP contribution in [0.25, 0.3) is 0 Å². The van der Waals surface area contributed by atoms with Gasteiger partial charge in [0.15, 0.2) is 6.61 Å². The fourth-order valence-corrected chi connectivity index (χ4v) is 5.44. The predicted molar refractivity (Wildman–Crippen MR) is 116 cm³/mol. The summed E-state index contributed by atoms with van der Waals surface area (Å²) in [5, 5.41) is 2.00.